The van der Waals surface area contributed by atoms with Crippen molar-refractivity contribution in [2.75, 3.05) is 12.3 Å². The number of H-pyrrole nitrogens is 1. The summed E-state index contributed by atoms with van der Waals surface area (Å²) in [5, 5.41) is 6.14. The van der Waals surface area contributed by atoms with Gasteiger partial charge in [-0.1, -0.05) is 18.2 Å². The number of hydrogen-bond donors (Lipinski definition) is 2. The maximum absolute atomic E-state index is 12.0. The summed E-state index contributed by atoms with van der Waals surface area (Å²) in [6.07, 6.45) is 2.14. The highest BCUT2D eigenvalue weighted by Crippen LogP contribution is 2.24. The van der Waals surface area contributed by atoms with Gasteiger partial charge in [0.1, 0.15) is 0 Å². The number of sulfonamides is 1. The minimum absolute atomic E-state index is 0.0195. The number of primary sulfonamides is 1. The molecule has 0 spiro atoms. The van der Waals surface area contributed by atoms with Gasteiger partial charge in [-0.3, -0.25) is 4.79 Å². The Morgan fingerprint density at radius 1 is 1.33 bits per heavy atom. The normalized spacial score (nSPS) is 19.6. The first-order chi connectivity index (χ1) is 9.92. The fraction of sp³-hybridized carbons (Fsp3) is 0.357. The maximum Gasteiger partial charge on any atom is 0.223 e. The van der Waals surface area contributed by atoms with Gasteiger partial charge in [0, 0.05) is 42.5 Å². The van der Waals surface area contributed by atoms with Crippen molar-refractivity contribution in [3.8, 4) is 0 Å². The van der Waals surface area contributed by atoms with Gasteiger partial charge in [-0.25, -0.2) is 13.6 Å². The van der Waals surface area contributed by atoms with Crippen LogP contribution in [0.15, 0.2) is 30.5 Å². The highest BCUT2D eigenvalue weighted by molar-refractivity contribution is 7.89. The van der Waals surface area contributed by atoms with Crippen molar-refractivity contribution >= 4 is 26.8 Å². The van der Waals surface area contributed by atoms with Gasteiger partial charge in [0.2, 0.25) is 15.9 Å². The van der Waals surface area contributed by atoms with E-state index in [-0.39, 0.29) is 24.0 Å². The smallest absolute Gasteiger partial charge is 0.223 e. The van der Waals surface area contributed by atoms with Crippen molar-refractivity contribution in [2.24, 2.45) is 11.1 Å². The number of aromatic nitrogens is 1. The molecule has 1 aliphatic heterocycles. The van der Waals surface area contributed by atoms with Gasteiger partial charge >= 0.3 is 0 Å². The summed E-state index contributed by atoms with van der Waals surface area (Å²) < 4.78 is 22.3. The molecule has 3 rings (SSSR count). The van der Waals surface area contributed by atoms with Gasteiger partial charge < -0.3 is 9.88 Å². The number of carbonyl (C=O) groups excluding carboxylic acids is 1. The summed E-state index contributed by atoms with van der Waals surface area (Å²) in [4.78, 5) is 16.9. The number of aromatic amines is 1. The molecule has 1 saturated heterocycles. The summed E-state index contributed by atoms with van der Waals surface area (Å²) in [6.45, 7) is 0.929. The number of para-hydroxylation sites is 1. The summed E-state index contributed by atoms with van der Waals surface area (Å²) in [6, 6.07) is 7.89. The number of benzene rings is 1. The molecular weight excluding hydrogens is 290 g/mol. The Balaban J connectivity index is 1.75. The van der Waals surface area contributed by atoms with E-state index in [1.54, 1.807) is 4.90 Å². The molecule has 112 valence electrons. The molecule has 1 unspecified atom stereocenters. The first kappa shape index (κ1) is 14.1. The second-order valence-corrected chi connectivity index (χ2v) is 7.19. The molecule has 3 N–H and O–H groups in total. The number of nitrogens with one attached hydrogen (secondary N) is 1. The van der Waals surface area contributed by atoms with Crippen molar-refractivity contribution in [2.45, 2.75) is 13.0 Å². The molecule has 0 aliphatic carbocycles. The van der Waals surface area contributed by atoms with Crippen molar-refractivity contribution in [1.82, 2.24) is 9.88 Å². The zero-order valence-corrected chi connectivity index (χ0v) is 12.3. The Morgan fingerprint density at radius 3 is 2.86 bits per heavy atom. The molecule has 6 nitrogen and oxygen atoms in total. The third-order valence-corrected chi connectivity index (χ3v) is 4.73. The Morgan fingerprint density at radius 2 is 2.10 bits per heavy atom. The van der Waals surface area contributed by atoms with Crippen LogP contribution >= 0.6 is 0 Å². The molecule has 1 aromatic heterocycles. The number of nitrogens with zero attached hydrogens (tertiary/aromatic N) is 1. The predicted octanol–water partition coefficient (Wildman–Crippen LogP) is 0.805. The number of rotatable bonds is 4. The lowest BCUT2D eigenvalue weighted by Gasteiger charge is -2.16. The van der Waals surface area contributed by atoms with E-state index in [2.05, 4.69) is 4.98 Å². The minimum atomic E-state index is -3.54. The average Bonchev–Trinajstić information content (AvgIpc) is 2.93. The third kappa shape index (κ3) is 3.08. The van der Waals surface area contributed by atoms with E-state index in [9.17, 15) is 13.2 Å². The predicted molar refractivity (Wildman–Crippen MR) is 79.8 cm³/mol. The number of hydrogen-bond acceptors (Lipinski definition) is 3. The van der Waals surface area contributed by atoms with Gasteiger partial charge in [0.15, 0.2) is 0 Å². The molecule has 1 aliphatic rings. The van der Waals surface area contributed by atoms with Crippen LogP contribution in [0, 0.1) is 5.92 Å². The van der Waals surface area contributed by atoms with Crippen molar-refractivity contribution < 1.29 is 13.2 Å². The second-order valence-electron chi connectivity index (χ2n) is 5.53. The molecule has 0 saturated carbocycles. The highest BCUT2D eigenvalue weighted by Gasteiger charge is 2.32. The van der Waals surface area contributed by atoms with Crippen LogP contribution in [-0.2, 0) is 21.4 Å². The fourth-order valence-corrected chi connectivity index (χ4v) is 3.80. The molecule has 1 atom stereocenters. The van der Waals surface area contributed by atoms with Crippen molar-refractivity contribution in [3.05, 3.63) is 36.0 Å². The molecule has 21 heavy (non-hydrogen) atoms. The summed E-state index contributed by atoms with van der Waals surface area (Å²) in [7, 11) is -3.54. The zero-order chi connectivity index (χ0) is 15.0. The summed E-state index contributed by atoms with van der Waals surface area (Å²) in [5.74, 6) is -0.366. The van der Waals surface area contributed by atoms with Crippen molar-refractivity contribution in [1.29, 1.82) is 0 Å². The lowest BCUT2D eigenvalue weighted by Crippen LogP contribution is -2.27. The van der Waals surface area contributed by atoms with Gasteiger partial charge in [-0.2, -0.15) is 0 Å². The molecule has 0 bridgehead atoms. The van der Waals surface area contributed by atoms with Gasteiger partial charge in [0.25, 0.3) is 0 Å². The van der Waals surface area contributed by atoms with E-state index >= 15 is 0 Å². The molecule has 1 amide bonds. The Kier molecular flexibility index (Phi) is 3.46. The first-order valence-corrected chi connectivity index (χ1v) is 8.47. The number of fused-ring (bicyclic) bond motifs is 1. The highest BCUT2D eigenvalue weighted by atomic mass is 32.2. The third-order valence-electron chi connectivity index (χ3n) is 3.80. The van der Waals surface area contributed by atoms with Crippen LogP contribution in [0.25, 0.3) is 10.9 Å². The van der Waals surface area contributed by atoms with Crippen LogP contribution in [0.5, 0.6) is 0 Å². The summed E-state index contributed by atoms with van der Waals surface area (Å²) >= 11 is 0. The monoisotopic (exact) mass is 307 g/mol. The first-order valence-electron chi connectivity index (χ1n) is 6.75. The molecule has 0 radical (unpaired) electrons. The van der Waals surface area contributed by atoms with Crippen LogP contribution in [0.1, 0.15) is 12.0 Å². The van der Waals surface area contributed by atoms with E-state index in [4.69, 9.17) is 5.14 Å². The maximum atomic E-state index is 12.0. The molecule has 1 aromatic carbocycles. The molecular formula is C14H17N3O3S. The van der Waals surface area contributed by atoms with Crippen LogP contribution in [0.4, 0.5) is 0 Å². The van der Waals surface area contributed by atoms with E-state index in [1.807, 2.05) is 30.5 Å². The van der Waals surface area contributed by atoms with Crippen LogP contribution in [0.2, 0.25) is 0 Å². The van der Waals surface area contributed by atoms with Crippen LogP contribution in [-0.4, -0.2) is 36.5 Å². The number of carbonyl (C=O) groups is 1. The fourth-order valence-electron chi connectivity index (χ4n) is 2.92. The van der Waals surface area contributed by atoms with E-state index in [0.29, 0.717) is 13.1 Å². The van der Waals surface area contributed by atoms with Crippen molar-refractivity contribution in [3.63, 3.8) is 0 Å². The lowest BCUT2D eigenvalue weighted by atomic mass is 10.1. The molecule has 2 aromatic rings. The van der Waals surface area contributed by atoms with Gasteiger partial charge in [-0.05, 0) is 11.6 Å². The van der Waals surface area contributed by atoms with Gasteiger partial charge in [-0.15, -0.1) is 0 Å². The SMILES string of the molecule is NS(=O)(=O)CC1CC(=O)N(Cc2c[nH]c3ccccc23)C1. The number of nitrogens with two attached hydrogens (primary N) is 1. The summed E-state index contributed by atoms with van der Waals surface area (Å²) in [5.41, 5.74) is 2.07. The Bertz CT molecular complexity index is 782. The second kappa shape index (κ2) is 5.16. The van der Waals surface area contributed by atoms with E-state index in [0.717, 1.165) is 16.5 Å². The Hall–Kier alpha value is -1.86. The topological polar surface area (TPSA) is 96.3 Å². The number of amides is 1. The van der Waals surface area contributed by atoms with Gasteiger partial charge in [0.05, 0.1) is 5.75 Å². The van der Waals surface area contributed by atoms with Crippen LogP contribution in [0.3, 0.4) is 0 Å². The Labute approximate surface area is 123 Å². The molecule has 2 heterocycles. The number of likely N-dealkylation sites (tertiary alicyclic amines) is 1. The van der Waals surface area contributed by atoms with Crippen LogP contribution < -0.4 is 5.14 Å². The zero-order valence-electron chi connectivity index (χ0n) is 11.5. The standard InChI is InChI=1S/C14H17N3O3S/c15-21(19,20)9-10-5-14(18)17(7-10)8-11-6-16-13-4-2-1-3-12(11)13/h1-4,6,10,16H,5,7-9H2,(H2,15,19,20). The largest absolute Gasteiger partial charge is 0.361 e. The van der Waals surface area contributed by atoms with E-state index in [1.165, 1.54) is 0 Å². The minimum Gasteiger partial charge on any atom is -0.361 e. The van der Waals surface area contributed by atoms with E-state index < -0.39 is 10.0 Å². The molecule has 7 heteroatoms. The lowest BCUT2D eigenvalue weighted by molar-refractivity contribution is -0.128. The quantitative estimate of drug-likeness (QED) is 0.874. The molecule has 1 fully saturated rings. The average molecular weight is 307 g/mol.